The molecule has 1 unspecified atom stereocenters. The first-order chi connectivity index (χ1) is 8.25. The van der Waals surface area contributed by atoms with Gasteiger partial charge in [-0.2, -0.15) is 0 Å². The summed E-state index contributed by atoms with van der Waals surface area (Å²) in [5.41, 5.74) is 0.0198. The van der Waals surface area contributed by atoms with E-state index in [4.69, 9.17) is 0 Å². The van der Waals surface area contributed by atoms with Gasteiger partial charge in [-0.25, -0.2) is 4.98 Å². The van der Waals surface area contributed by atoms with Gasteiger partial charge in [-0.05, 0) is 25.5 Å². The number of halogens is 1. The van der Waals surface area contributed by atoms with Crippen molar-refractivity contribution >= 4 is 23.9 Å². The summed E-state index contributed by atoms with van der Waals surface area (Å²) >= 11 is 0. The largest absolute Gasteiger partial charge is 0.369 e. The van der Waals surface area contributed by atoms with Crippen LogP contribution in [0.4, 0.5) is 11.5 Å². The Morgan fingerprint density at radius 2 is 2.33 bits per heavy atom. The van der Waals surface area contributed by atoms with Crippen LogP contribution in [0.3, 0.4) is 0 Å². The summed E-state index contributed by atoms with van der Waals surface area (Å²) in [6.45, 7) is 1.88. The van der Waals surface area contributed by atoms with Gasteiger partial charge in [0, 0.05) is 18.7 Å². The first-order valence-electron chi connectivity index (χ1n) is 5.83. The second-order valence-electron chi connectivity index (χ2n) is 4.19. The van der Waals surface area contributed by atoms with Crippen LogP contribution in [0.25, 0.3) is 0 Å². The van der Waals surface area contributed by atoms with Crippen LogP contribution in [0.2, 0.25) is 0 Å². The third-order valence-corrected chi connectivity index (χ3v) is 2.90. The van der Waals surface area contributed by atoms with Crippen LogP contribution in [0.5, 0.6) is 0 Å². The number of aromatic nitrogens is 1. The highest BCUT2D eigenvalue weighted by Gasteiger charge is 2.12. The molecule has 1 atom stereocenters. The number of nitro groups is 1. The van der Waals surface area contributed by atoms with Crippen molar-refractivity contribution in [2.75, 3.05) is 18.4 Å². The maximum absolute atomic E-state index is 10.5. The van der Waals surface area contributed by atoms with Gasteiger partial charge in [0.15, 0.2) is 0 Å². The molecule has 7 heteroatoms. The fraction of sp³-hybridized carbons (Fsp3) is 0.545. The fourth-order valence-corrected chi connectivity index (χ4v) is 1.92. The summed E-state index contributed by atoms with van der Waals surface area (Å²) in [5, 5.41) is 17.1. The molecular formula is C11H17ClN4O2. The van der Waals surface area contributed by atoms with E-state index >= 15 is 0 Å². The number of hydrogen-bond donors (Lipinski definition) is 2. The molecule has 2 heterocycles. The molecule has 6 nitrogen and oxygen atoms in total. The van der Waals surface area contributed by atoms with Crippen LogP contribution in [-0.4, -0.2) is 29.0 Å². The molecule has 2 N–H and O–H groups in total. The van der Waals surface area contributed by atoms with Crippen molar-refractivity contribution in [2.24, 2.45) is 0 Å². The normalized spacial score (nSPS) is 18.8. The molecule has 0 spiro atoms. The van der Waals surface area contributed by atoms with Gasteiger partial charge in [0.05, 0.1) is 4.92 Å². The van der Waals surface area contributed by atoms with Crippen LogP contribution in [0.15, 0.2) is 18.3 Å². The van der Waals surface area contributed by atoms with Crippen molar-refractivity contribution < 1.29 is 4.92 Å². The van der Waals surface area contributed by atoms with E-state index in [0.717, 1.165) is 13.1 Å². The molecule has 0 bridgehead atoms. The van der Waals surface area contributed by atoms with Gasteiger partial charge in [0.25, 0.3) is 5.69 Å². The number of pyridine rings is 1. The topological polar surface area (TPSA) is 80.1 Å². The third kappa shape index (κ3) is 4.12. The molecule has 1 aromatic rings. The van der Waals surface area contributed by atoms with Gasteiger partial charge >= 0.3 is 0 Å². The smallest absolute Gasteiger partial charge is 0.287 e. The molecule has 2 rings (SSSR count). The molecule has 100 valence electrons. The Labute approximate surface area is 112 Å². The molecule has 1 saturated heterocycles. The molecule has 18 heavy (non-hydrogen) atoms. The molecule has 0 saturated carbocycles. The van der Waals surface area contributed by atoms with E-state index in [2.05, 4.69) is 15.6 Å². The van der Waals surface area contributed by atoms with Crippen molar-refractivity contribution in [1.29, 1.82) is 0 Å². The van der Waals surface area contributed by atoms with Crippen LogP contribution in [0.1, 0.15) is 19.3 Å². The van der Waals surface area contributed by atoms with Crippen molar-refractivity contribution in [3.8, 4) is 0 Å². The molecule has 1 aromatic heterocycles. The average molecular weight is 273 g/mol. The van der Waals surface area contributed by atoms with Gasteiger partial charge < -0.3 is 10.6 Å². The minimum atomic E-state index is -0.445. The lowest BCUT2D eigenvalue weighted by atomic mass is 10.1. The number of anilines is 1. The average Bonchev–Trinajstić information content (AvgIpc) is 2.38. The predicted molar refractivity (Wildman–Crippen MR) is 72.3 cm³/mol. The highest BCUT2D eigenvalue weighted by molar-refractivity contribution is 5.85. The number of rotatable bonds is 4. The SMILES string of the molecule is Cl.O=[N+]([O-])c1ccc(NCC2CCCCN2)nc1. The summed E-state index contributed by atoms with van der Waals surface area (Å²) in [5.74, 6) is 0.683. The van der Waals surface area contributed by atoms with Gasteiger partial charge in [-0.15, -0.1) is 12.4 Å². The van der Waals surface area contributed by atoms with E-state index in [9.17, 15) is 10.1 Å². The Bertz CT molecular complexity index is 379. The number of piperidine rings is 1. The van der Waals surface area contributed by atoms with Crippen molar-refractivity contribution in [1.82, 2.24) is 10.3 Å². The van der Waals surface area contributed by atoms with Crippen LogP contribution < -0.4 is 10.6 Å². The zero-order valence-electron chi connectivity index (χ0n) is 9.96. The first-order valence-corrected chi connectivity index (χ1v) is 5.83. The quantitative estimate of drug-likeness (QED) is 0.647. The van der Waals surface area contributed by atoms with Gasteiger partial charge in [0.2, 0.25) is 0 Å². The molecule has 0 aromatic carbocycles. The second kappa shape index (κ2) is 7.13. The van der Waals surface area contributed by atoms with Crippen LogP contribution >= 0.6 is 12.4 Å². The maximum atomic E-state index is 10.5. The lowest BCUT2D eigenvalue weighted by molar-refractivity contribution is -0.385. The molecule has 1 aliphatic heterocycles. The summed E-state index contributed by atoms with van der Waals surface area (Å²) in [7, 11) is 0. The molecule has 0 radical (unpaired) electrons. The molecular weight excluding hydrogens is 256 g/mol. The van der Waals surface area contributed by atoms with Crippen molar-refractivity contribution in [3.05, 3.63) is 28.4 Å². The lowest BCUT2D eigenvalue weighted by Crippen LogP contribution is -2.39. The Kier molecular flexibility index (Phi) is 5.80. The zero-order valence-corrected chi connectivity index (χ0v) is 10.8. The Hall–Kier alpha value is -1.40. The van der Waals surface area contributed by atoms with E-state index in [1.807, 2.05) is 0 Å². The van der Waals surface area contributed by atoms with E-state index < -0.39 is 4.92 Å². The zero-order chi connectivity index (χ0) is 12.1. The van der Waals surface area contributed by atoms with Crippen molar-refractivity contribution in [3.63, 3.8) is 0 Å². The Morgan fingerprint density at radius 1 is 1.50 bits per heavy atom. The Balaban J connectivity index is 0.00000162. The Morgan fingerprint density at radius 3 is 2.89 bits per heavy atom. The second-order valence-corrected chi connectivity index (χ2v) is 4.19. The minimum Gasteiger partial charge on any atom is -0.369 e. The lowest BCUT2D eigenvalue weighted by Gasteiger charge is -2.23. The van der Waals surface area contributed by atoms with E-state index in [-0.39, 0.29) is 18.1 Å². The van der Waals surface area contributed by atoms with E-state index in [1.165, 1.54) is 31.5 Å². The summed E-state index contributed by atoms with van der Waals surface area (Å²) in [6, 6.07) is 3.57. The molecule has 0 aliphatic carbocycles. The van der Waals surface area contributed by atoms with Gasteiger partial charge in [0.1, 0.15) is 12.0 Å². The number of nitrogens with zero attached hydrogens (tertiary/aromatic N) is 2. The highest BCUT2D eigenvalue weighted by atomic mass is 35.5. The minimum absolute atomic E-state index is 0. The van der Waals surface area contributed by atoms with Gasteiger partial charge in [-0.1, -0.05) is 6.42 Å². The highest BCUT2D eigenvalue weighted by Crippen LogP contribution is 2.12. The van der Waals surface area contributed by atoms with Crippen molar-refractivity contribution in [2.45, 2.75) is 25.3 Å². The van der Waals surface area contributed by atoms with Crippen LogP contribution in [0, 0.1) is 10.1 Å². The van der Waals surface area contributed by atoms with E-state index in [0.29, 0.717) is 11.9 Å². The molecule has 1 fully saturated rings. The predicted octanol–water partition coefficient (Wildman–Crippen LogP) is 1.97. The standard InChI is InChI=1S/C11H16N4O2.ClH/c16-15(17)10-4-5-11(14-8-10)13-7-9-3-1-2-6-12-9;/h4-5,8-9,12H,1-3,6-7H2,(H,13,14);1H. The fourth-order valence-electron chi connectivity index (χ4n) is 1.92. The van der Waals surface area contributed by atoms with E-state index in [1.54, 1.807) is 6.07 Å². The van der Waals surface area contributed by atoms with Gasteiger partial charge in [-0.3, -0.25) is 10.1 Å². The monoisotopic (exact) mass is 272 g/mol. The number of hydrogen-bond acceptors (Lipinski definition) is 5. The molecule has 0 amide bonds. The maximum Gasteiger partial charge on any atom is 0.287 e. The first kappa shape index (κ1) is 14.7. The summed E-state index contributed by atoms with van der Waals surface area (Å²) in [6.07, 6.45) is 4.94. The van der Waals surface area contributed by atoms with Crippen LogP contribution in [-0.2, 0) is 0 Å². The molecule has 1 aliphatic rings. The summed E-state index contributed by atoms with van der Waals surface area (Å²) < 4.78 is 0. The third-order valence-electron chi connectivity index (χ3n) is 2.90. The number of nitrogens with one attached hydrogen (secondary N) is 2. The summed E-state index contributed by atoms with van der Waals surface area (Å²) in [4.78, 5) is 14.0.